The van der Waals surface area contributed by atoms with E-state index in [0.29, 0.717) is 36.7 Å². The first-order chi connectivity index (χ1) is 17.4. The van der Waals surface area contributed by atoms with Crippen LogP contribution in [0.4, 0.5) is 0 Å². The summed E-state index contributed by atoms with van der Waals surface area (Å²) in [6, 6.07) is 25.1. The molecule has 0 aromatic heterocycles. The highest BCUT2D eigenvalue weighted by Gasteiger charge is 2.30. The Labute approximate surface area is 220 Å². The van der Waals surface area contributed by atoms with Crippen molar-refractivity contribution < 1.29 is 9.59 Å². The average molecular weight is 505 g/mol. The summed E-state index contributed by atoms with van der Waals surface area (Å²) in [6.45, 7) is 7.08. The van der Waals surface area contributed by atoms with E-state index in [0.717, 1.165) is 23.1 Å². The van der Waals surface area contributed by atoms with Gasteiger partial charge in [-0.3, -0.25) is 9.59 Å². The fourth-order valence-electron chi connectivity index (χ4n) is 4.12. The van der Waals surface area contributed by atoms with Crippen molar-refractivity contribution >= 4 is 23.4 Å². The Hall–Kier alpha value is -3.11. The van der Waals surface area contributed by atoms with E-state index in [1.54, 1.807) is 4.90 Å². The standard InChI is InChI=1S/C31H37ClN2O2/c1-4-24-14-16-25(17-15-24)18-19-30(35)34(22-27-12-8-9-13-28(27)32)29(31(36)33-21-23(2)3)20-26-10-6-5-7-11-26/h5-17,23,29H,4,18-22H2,1-3H3,(H,33,36)/t29-/m1/s1. The van der Waals surface area contributed by atoms with Gasteiger partial charge in [0.25, 0.3) is 0 Å². The van der Waals surface area contributed by atoms with Gasteiger partial charge in [-0.15, -0.1) is 0 Å². The second-order valence-electron chi connectivity index (χ2n) is 9.63. The van der Waals surface area contributed by atoms with Gasteiger partial charge in [-0.05, 0) is 47.1 Å². The van der Waals surface area contributed by atoms with Crippen LogP contribution < -0.4 is 5.32 Å². The van der Waals surface area contributed by atoms with E-state index in [9.17, 15) is 9.59 Å². The number of nitrogens with one attached hydrogen (secondary N) is 1. The zero-order valence-corrected chi connectivity index (χ0v) is 22.3. The molecule has 3 aromatic rings. The van der Waals surface area contributed by atoms with Gasteiger partial charge in [0.15, 0.2) is 0 Å². The highest BCUT2D eigenvalue weighted by Crippen LogP contribution is 2.21. The number of nitrogens with zero attached hydrogens (tertiary/aromatic N) is 1. The zero-order valence-electron chi connectivity index (χ0n) is 21.5. The molecule has 0 aliphatic rings. The molecule has 4 nitrogen and oxygen atoms in total. The van der Waals surface area contributed by atoms with Gasteiger partial charge in [0.1, 0.15) is 6.04 Å². The van der Waals surface area contributed by atoms with Crippen molar-refractivity contribution in [2.24, 2.45) is 5.92 Å². The summed E-state index contributed by atoms with van der Waals surface area (Å²) in [7, 11) is 0. The number of hydrogen-bond donors (Lipinski definition) is 1. The average Bonchev–Trinajstić information content (AvgIpc) is 2.89. The molecule has 5 heteroatoms. The van der Waals surface area contributed by atoms with E-state index in [4.69, 9.17) is 11.6 Å². The summed E-state index contributed by atoms with van der Waals surface area (Å²) in [5.41, 5.74) is 4.22. The molecule has 3 rings (SSSR count). The molecule has 0 saturated carbocycles. The monoisotopic (exact) mass is 504 g/mol. The summed E-state index contributed by atoms with van der Waals surface area (Å²) in [6.07, 6.45) is 2.36. The van der Waals surface area contributed by atoms with Gasteiger partial charge in [0.05, 0.1) is 0 Å². The predicted octanol–water partition coefficient (Wildman–Crippen LogP) is 6.25. The SMILES string of the molecule is CCc1ccc(CCC(=O)N(Cc2ccccc2Cl)[C@H](Cc2ccccc2)C(=O)NCC(C)C)cc1. The number of aryl methyl sites for hydroxylation is 2. The van der Waals surface area contributed by atoms with Crippen LogP contribution in [0.15, 0.2) is 78.9 Å². The van der Waals surface area contributed by atoms with Crippen molar-refractivity contribution in [2.75, 3.05) is 6.54 Å². The zero-order chi connectivity index (χ0) is 25.9. The first kappa shape index (κ1) is 27.5. The molecule has 1 atom stereocenters. The van der Waals surface area contributed by atoms with Crippen LogP contribution in [0, 0.1) is 5.92 Å². The Bertz CT molecular complexity index is 1110. The third-order valence-corrected chi connectivity index (χ3v) is 6.68. The predicted molar refractivity (Wildman–Crippen MR) is 148 cm³/mol. The van der Waals surface area contributed by atoms with Crippen molar-refractivity contribution in [1.82, 2.24) is 10.2 Å². The van der Waals surface area contributed by atoms with Gasteiger partial charge < -0.3 is 10.2 Å². The summed E-state index contributed by atoms with van der Waals surface area (Å²) in [5, 5.41) is 3.65. The summed E-state index contributed by atoms with van der Waals surface area (Å²) in [5.74, 6) is 0.112. The van der Waals surface area contributed by atoms with Crippen molar-refractivity contribution in [3.63, 3.8) is 0 Å². The Morgan fingerprint density at radius 3 is 2.14 bits per heavy atom. The third-order valence-electron chi connectivity index (χ3n) is 6.31. The van der Waals surface area contributed by atoms with Crippen LogP contribution in [0.3, 0.4) is 0 Å². The molecule has 0 aliphatic carbocycles. The van der Waals surface area contributed by atoms with Crippen LogP contribution >= 0.6 is 11.6 Å². The highest BCUT2D eigenvalue weighted by molar-refractivity contribution is 6.31. The Kier molecular flexibility index (Phi) is 10.6. The number of rotatable bonds is 12. The lowest BCUT2D eigenvalue weighted by Gasteiger charge is -2.32. The number of carbonyl (C=O) groups excluding carboxylic acids is 2. The molecule has 1 N–H and O–H groups in total. The van der Waals surface area contributed by atoms with E-state index in [-0.39, 0.29) is 18.4 Å². The Morgan fingerprint density at radius 2 is 1.50 bits per heavy atom. The van der Waals surface area contributed by atoms with E-state index in [1.807, 2.05) is 54.6 Å². The van der Waals surface area contributed by atoms with Gasteiger partial charge in [-0.25, -0.2) is 0 Å². The van der Waals surface area contributed by atoms with Crippen LogP contribution in [0.2, 0.25) is 5.02 Å². The lowest BCUT2D eigenvalue weighted by molar-refractivity contribution is -0.141. The van der Waals surface area contributed by atoms with Crippen LogP contribution in [0.25, 0.3) is 0 Å². The minimum Gasteiger partial charge on any atom is -0.354 e. The molecular weight excluding hydrogens is 468 g/mol. The van der Waals surface area contributed by atoms with Crippen molar-refractivity contribution in [3.05, 3.63) is 106 Å². The van der Waals surface area contributed by atoms with Gasteiger partial charge in [0, 0.05) is 31.0 Å². The maximum atomic E-state index is 13.7. The molecule has 0 radical (unpaired) electrons. The van der Waals surface area contributed by atoms with Gasteiger partial charge in [-0.2, -0.15) is 0 Å². The highest BCUT2D eigenvalue weighted by atomic mass is 35.5. The Balaban J connectivity index is 1.89. The maximum Gasteiger partial charge on any atom is 0.243 e. The smallest absolute Gasteiger partial charge is 0.243 e. The van der Waals surface area contributed by atoms with Crippen LogP contribution in [0.1, 0.15) is 49.4 Å². The quantitative estimate of drug-likeness (QED) is 0.317. The molecule has 0 heterocycles. The van der Waals surface area contributed by atoms with Crippen molar-refractivity contribution in [2.45, 2.75) is 59.0 Å². The van der Waals surface area contributed by atoms with E-state index in [1.165, 1.54) is 5.56 Å². The number of amides is 2. The molecule has 2 amide bonds. The molecule has 0 spiro atoms. The van der Waals surface area contributed by atoms with Crippen molar-refractivity contribution in [3.8, 4) is 0 Å². The summed E-state index contributed by atoms with van der Waals surface area (Å²) in [4.78, 5) is 28.9. The molecular formula is C31H37ClN2O2. The summed E-state index contributed by atoms with van der Waals surface area (Å²) >= 11 is 6.48. The number of halogens is 1. The minimum atomic E-state index is -0.641. The lowest BCUT2D eigenvalue weighted by Crippen LogP contribution is -2.51. The van der Waals surface area contributed by atoms with E-state index >= 15 is 0 Å². The summed E-state index contributed by atoms with van der Waals surface area (Å²) < 4.78 is 0. The number of carbonyl (C=O) groups is 2. The van der Waals surface area contributed by atoms with Crippen LogP contribution in [-0.4, -0.2) is 29.3 Å². The number of benzene rings is 3. The topological polar surface area (TPSA) is 49.4 Å². The van der Waals surface area contributed by atoms with E-state index in [2.05, 4.69) is 50.4 Å². The molecule has 0 aliphatic heterocycles. The molecule has 0 fully saturated rings. The molecule has 190 valence electrons. The third kappa shape index (κ3) is 8.23. The van der Waals surface area contributed by atoms with Crippen LogP contribution in [-0.2, 0) is 35.4 Å². The second kappa shape index (κ2) is 13.8. The lowest BCUT2D eigenvalue weighted by atomic mass is 10.0. The Morgan fingerprint density at radius 1 is 0.861 bits per heavy atom. The fourth-order valence-corrected chi connectivity index (χ4v) is 4.32. The fraction of sp³-hybridized carbons (Fsp3) is 0.355. The molecule has 0 saturated heterocycles. The molecule has 0 unspecified atom stereocenters. The molecule has 3 aromatic carbocycles. The maximum absolute atomic E-state index is 13.7. The normalized spacial score (nSPS) is 11.8. The second-order valence-corrected chi connectivity index (χ2v) is 10.0. The van der Waals surface area contributed by atoms with Crippen LogP contribution in [0.5, 0.6) is 0 Å². The van der Waals surface area contributed by atoms with Gasteiger partial charge in [-0.1, -0.05) is 105 Å². The van der Waals surface area contributed by atoms with Gasteiger partial charge >= 0.3 is 0 Å². The van der Waals surface area contributed by atoms with Gasteiger partial charge in [0.2, 0.25) is 11.8 Å². The van der Waals surface area contributed by atoms with Crippen molar-refractivity contribution in [1.29, 1.82) is 0 Å². The van der Waals surface area contributed by atoms with E-state index < -0.39 is 6.04 Å². The first-order valence-electron chi connectivity index (χ1n) is 12.8. The largest absolute Gasteiger partial charge is 0.354 e. The minimum absolute atomic E-state index is 0.0601. The first-order valence-corrected chi connectivity index (χ1v) is 13.2. The molecule has 0 bridgehead atoms. The molecule has 36 heavy (non-hydrogen) atoms. The number of hydrogen-bond acceptors (Lipinski definition) is 2.